The Balaban J connectivity index is 2.24. The highest BCUT2D eigenvalue weighted by atomic mass is 32.2. The fraction of sp³-hybridized carbons (Fsp3) is 0.133. The summed E-state index contributed by atoms with van der Waals surface area (Å²) in [6.45, 7) is 1.93. The average Bonchev–Trinajstić information content (AvgIpc) is 2.37. The molecule has 2 aromatic carbocycles. The zero-order valence-corrected chi connectivity index (χ0v) is 12.1. The molecule has 0 spiro atoms. The molecular formula is C15H15NO3S. The number of rotatable bonds is 4. The Morgan fingerprint density at radius 2 is 1.65 bits per heavy atom. The molecule has 0 saturated carbocycles. The van der Waals surface area contributed by atoms with Crippen LogP contribution in [0, 0.1) is 6.92 Å². The molecule has 0 radical (unpaired) electrons. The van der Waals surface area contributed by atoms with Crippen molar-refractivity contribution in [2.45, 2.75) is 6.92 Å². The maximum atomic E-state index is 12.3. The van der Waals surface area contributed by atoms with E-state index in [1.165, 1.54) is 0 Å². The second-order valence-corrected chi connectivity index (χ2v) is 6.40. The van der Waals surface area contributed by atoms with Crippen LogP contribution in [-0.2, 0) is 10.0 Å². The number of carbonyl (C=O) groups excluding carboxylic acids is 1. The van der Waals surface area contributed by atoms with E-state index in [2.05, 4.69) is 4.72 Å². The maximum absolute atomic E-state index is 12.3. The quantitative estimate of drug-likeness (QED) is 0.880. The van der Waals surface area contributed by atoms with Crippen LogP contribution < -0.4 is 4.72 Å². The van der Waals surface area contributed by atoms with E-state index in [9.17, 15) is 13.2 Å². The van der Waals surface area contributed by atoms with Gasteiger partial charge in [-0.1, -0.05) is 23.8 Å². The van der Waals surface area contributed by atoms with Gasteiger partial charge < -0.3 is 0 Å². The van der Waals surface area contributed by atoms with Crippen LogP contribution >= 0.6 is 0 Å². The van der Waals surface area contributed by atoms with Crippen molar-refractivity contribution in [1.29, 1.82) is 0 Å². The molecule has 2 aromatic rings. The van der Waals surface area contributed by atoms with Crippen molar-refractivity contribution in [3.63, 3.8) is 0 Å². The van der Waals surface area contributed by atoms with E-state index >= 15 is 0 Å². The first kappa shape index (κ1) is 14.3. The molecule has 0 amide bonds. The van der Waals surface area contributed by atoms with Crippen LogP contribution in [-0.4, -0.2) is 20.5 Å². The summed E-state index contributed by atoms with van der Waals surface area (Å²) in [5, 5.41) is 0. The van der Waals surface area contributed by atoms with Crippen LogP contribution in [0.3, 0.4) is 0 Å². The van der Waals surface area contributed by atoms with Crippen LogP contribution in [0.5, 0.6) is 0 Å². The van der Waals surface area contributed by atoms with Crippen LogP contribution in [0.4, 0.5) is 5.69 Å². The van der Waals surface area contributed by atoms with Crippen molar-refractivity contribution in [3.8, 4) is 0 Å². The van der Waals surface area contributed by atoms with Gasteiger partial charge in [0.15, 0.2) is 5.78 Å². The Kier molecular flexibility index (Phi) is 3.90. The minimum Gasteiger partial charge on any atom is -0.289 e. The third-order valence-corrected chi connectivity index (χ3v) is 3.34. The topological polar surface area (TPSA) is 63.2 Å². The van der Waals surface area contributed by atoms with Gasteiger partial charge in [0.2, 0.25) is 10.0 Å². The Morgan fingerprint density at radius 1 is 1.00 bits per heavy atom. The van der Waals surface area contributed by atoms with E-state index in [1.54, 1.807) is 30.3 Å². The molecule has 1 N–H and O–H groups in total. The average molecular weight is 289 g/mol. The van der Waals surface area contributed by atoms with Gasteiger partial charge >= 0.3 is 0 Å². The molecule has 20 heavy (non-hydrogen) atoms. The van der Waals surface area contributed by atoms with Gasteiger partial charge in [-0.2, -0.15) is 0 Å². The van der Waals surface area contributed by atoms with E-state index in [0.29, 0.717) is 16.8 Å². The molecule has 2 rings (SSSR count). The highest BCUT2D eigenvalue weighted by Crippen LogP contribution is 2.15. The van der Waals surface area contributed by atoms with Gasteiger partial charge in [0.05, 0.1) is 6.26 Å². The molecule has 0 bridgehead atoms. The van der Waals surface area contributed by atoms with Crippen LogP contribution in [0.2, 0.25) is 0 Å². The van der Waals surface area contributed by atoms with E-state index < -0.39 is 10.0 Å². The first-order valence-corrected chi connectivity index (χ1v) is 7.93. The van der Waals surface area contributed by atoms with E-state index in [4.69, 9.17) is 0 Å². The Labute approximate surface area is 118 Å². The number of anilines is 1. The second-order valence-electron chi connectivity index (χ2n) is 4.65. The van der Waals surface area contributed by atoms with E-state index in [0.717, 1.165) is 11.8 Å². The number of hydrogen-bond acceptors (Lipinski definition) is 3. The standard InChI is InChI=1S/C15H15NO3S/c1-11-4-3-5-13(10-11)15(17)12-6-8-14(9-7-12)16-20(2,18)19/h3-10,16H,1-2H3. The summed E-state index contributed by atoms with van der Waals surface area (Å²) in [5.41, 5.74) is 2.60. The van der Waals surface area contributed by atoms with Crippen LogP contribution in [0.15, 0.2) is 48.5 Å². The summed E-state index contributed by atoms with van der Waals surface area (Å²) < 4.78 is 24.6. The van der Waals surface area contributed by atoms with Gasteiger partial charge in [-0.15, -0.1) is 0 Å². The summed E-state index contributed by atoms with van der Waals surface area (Å²) in [6, 6.07) is 13.7. The zero-order chi connectivity index (χ0) is 14.8. The van der Waals surface area contributed by atoms with Crippen molar-refractivity contribution in [3.05, 3.63) is 65.2 Å². The summed E-state index contributed by atoms with van der Waals surface area (Å²) in [7, 11) is -3.30. The van der Waals surface area contributed by atoms with Gasteiger partial charge in [-0.3, -0.25) is 9.52 Å². The van der Waals surface area contributed by atoms with Crippen molar-refractivity contribution < 1.29 is 13.2 Å². The molecule has 0 aliphatic rings. The Morgan fingerprint density at radius 3 is 2.20 bits per heavy atom. The van der Waals surface area contributed by atoms with Crippen molar-refractivity contribution in [1.82, 2.24) is 0 Å². The van der Waals surface area contributed by atoms with E-state index in [-0.39, 0.29) is 5.78 Å². The van der Waals surface area contributed by atoms with Gasteiger partial charge in [0.25, 0.3) is 0 Å². The molecule has 0 fully saturated rings. The third-order valence-electron chi connectivity index (χ3n) is 2.73. The molecule has 5 heteroatoms. The van der Waals surface area contributed by atoms with Gasteiger partial charge in [0, 0.05) is 16.8 Å². The van der Waals surface area contributed by atoms with Crippen LogP contribution in [0.1, 0.15) is 21.5 Å². The lowest BCUT2D eigenvalue weighted by molar-refractivity contribution is 0.103. The summed E-state index contributed by atoms with van der Waals surface area (Å²) in [4.78, 5) is 12.3. The highest BCUT2D eigenvalue weighted by Gasteiger charge is 2.09. The lowest BCUT2D eigenvalue weighted by Crippen LogP contribution is -2.09. The minimum atomic E-state index is -3.30. The lowest BCUT2D eigenvalue weighted by atomic mass is 10.0. The maximum Gasteiger partial charge on any atom is 0.229 e. The van der Waals surface area contributed by atoms with Gasteiger partial charge in [-0.05, 0) is 37.3 Å². The summed E-state index contributed by atoms with van der Waals surface area (Å²) >= 11 is 0. The molecule has 104 valence electrons. The zero-order valence-electron chi connectivity index (χ0n) is 11.3. The normalized spacial score (nSPS) is 11.1. The first-order chi connectivity index (χ1) is 9.35. The molecular weight excluding hydrogens is 274 g/mol. The first-order valence-electron chi connectivity index (χ1n) is 6.04. The van der Waals surface area contributed by atoms with Crippen molar-refractivity contribution >= 4 is 21.5 Å². The SMILES string of the molecule is Cc1cccc(C(=O)c2ccc(NS(C)(=O)=O)cc2)c1. The predicted octanol–water partition coefficient (Wildman–Crippen LogP) is 2.60. The smallest absolute Gasteiger partial charge is 0.229 e. The number of hydrogen-bond donors (Lipinski definition) is 1. The molecule has 0 atom stereocenters. The fourth-order valence-corrected chi connectivity index (χ4v) is 2.42. The number of carbonyl (C=O) groups is 1. The van der Waals surface area contributed by atoms with Crippen molar-refractivity contribution in [2.24, 2.45) is 0 Å². The van der Waals surface area contributed by atoms with Gasteiger partial charge in [-0.25, -0.2) is 8.42 Å². The lowest BCUT2D eigenvalue weighted by Gasteiger charge is -2.06. The molecule has 4 nitrogen and oxygen atoms in total. The Bertz CT molecular complexity index is 734. The van der Waals surface area contributed by atoms with Crippen molar-refractivity contribution in [2.75, 3.05) is 11.0 Å². The largest absolute Gasteiger partial charge is 0.289 e. The van der Waals surface area contributed by atoms with Crippen LogP contribution in [0.25, 0.3) is 0 Å². The Hall–Kier alpha value is -2.14. The number of nitrogens with one attached hydrogen (secondary N) is 1. The third kappa shape index (κ3) is 3.68. The van der Waals surface area contributed by atoms with E-state index in [1.807, 2.05) is 25.1 Å². The second kappa shape index (κ2) is 5.46. The predicted molar refractivity (Wildman–Crippen MR) is 79.5 cm³/mol. The molecule has 0 aliphatic heterocycles. The monoisotopic (exact) mass is 289 g/mol. The molecule has 0 unspecified atom stereocenters. The number of benzene rings is 2. The number of ketones is 1. The molecule has 0 saturated heterocycles. The molecule has 0 aliphatic carbocycles. The van der Waals surface area contributed by atoms with Gasteiger partial charge in [0.1, 0.15) is 0 Å². The minimum absolute atomic E-state index is 0.0837. The molecule has 0 heterocycles. The summed E-state index contributed by atoms with van der Waals surface area (Å²) in [5.74, 6) is -0.0837. The number of sulfonamides is 1. The highest BCUT2D eigenvalue weighted by molar-refractivity contribution is 7.92. The molecule has 0 aromatic heterocycles. The summed E-state index contributed by atoms with van der Waals surface area (Å²) in [6.07, 6.45) is 1.08. The number of aryl methyl sites for hydroxylation is 1. The fourth-order valence-electron chi connectivity index (χ4n) is 1.86.